The summed E-state index contributed by atoms with van der Waals surface area (Å²) in [5.74, 6) is 0.415. The van der Waals surface area contributed by atoms with Crippen LogP contribution in [0.4, 0.5) is 5.69 Å². The smallest absolute Gasteiger partial charge is 0.255 e. The summed E-state index contributed by atoms with van der Waals surface area (Å²) in [6.45, 7) is 3.72. The van der Waals surface area contributed by atoms with Crippen LogP contribution in [0, 0.1) is 5.92 Å². The molecule has 18 heavy (non-hydrogen) atoms. The van der Waals surface area contributed by atoms with E-state index < -0.39 is 5.44 Å². The average Bonchev–Trinajstić information content (AvgIpc) is 2.64. The van der Waals surface area contributed by atoms with Crippen molar-refractivity contribution < 1.29 is 4.79 Å². The van der Waals surface area contributed by atoms with Crippen LogP contribution in [0.15, 0.2) is 24.3 Å². The zero-order valence-corrected chi connectivity index (χ0v) is 10.6. The van der Waals surface area contributed by atoms with Gasteiger partial charge in [-0.3, -0.25) is 4.79 Å². The lowest BCUT2D eigenvalue weighted by molar-refractivity contribution is 0.0667. The minimum Gasteiger partial charge on any atom is -0.384 e. The van der Waals surface area contributed by atoms with Crippen LogP contribution in [0.1, 0.15) is 30.1 Å². The number of carbonyl (C=O) groups is 1. The zero-order valence-electron chi connectivity index (χ0n) is 10.6. The largest absolute Gasteiger partial charge is 0.384 e. The minimum absolute atomic E-state index is 0.0599. The molecule has 0 aromatic heterocycles. The van der Waals surface area contributed by atoms with Crippen molar-refractivity contribution in [3.8, 4) is 0 Å². The van der Waals surface area contributed by atoms with E-state index in [1.807, 2.05) is 29.2 Å². The predicted octanol–water partition coefficient (Wildman–Crippen LogP) is 1.85. The molecule has 0 bridgehead atoms. The number of carbonyl (C=O) groups excluding carboxylic acids is 1. The molecular weight excluding hydrogens is 223 g/mol. The molecule has 0 spiro atoms. The van der Waals surface area contributed by atoms with Gasteiger partial charge in [-0.2, -0.15) is 0 Å². The van der Waals surface area contributed by atoms with E-state index in [2.05, 4.69) is 12.2 Å². The standard InChI is InChI=1S/C14H17BN2O/c1-10-6-9-17-13(18)11-4-2-3-5-12(11)16-8-7-14(10,17)15/h2-5,10,16H,6-9H2,1H3. The van der Waals surface area contributed by atoms with Gasteiger partial charge in [-0.15, -0.1) is 0 Å². The summed E-state index contributed by atoms with van der Waals surface area (Å²) in [5.41, 5.74) is 1.17. The summed E-state index contributed by atoms with van der Waals surface area (Å²) >= 11 is 0. The number of fused-ring (bicyclic) bond motifs is 2. The number of para-hydroxylation sites is 1. The molecule has 3 rings (SSSR count). The molecule has 2 heterocycles. The van der Waals surface area contributed by atoms with Gasteiger partial charge in [-0.1, -0.05) is 19.1 Å². The van der Waals surface area contributed by atoms with Crippen molar-refractivity contribution >= 4 is 19.4 Å². The van der Waals surface area contributed by atoms with Crippen molar-refractivity contribution in [2.24, 2.45) is 5.92 Å². The summed E-state index contributed by atoms with van der Waals surface area (Å²) in [6.07, 6.45) is 1.79. The number of benzene rings is 1. The number of hydrogen-bond acceptors (Lipinski definition) is 2. The number of nitrogens with one attached hydrogen (secondary N) is 1. The number of nitrogens with zero attached hydrogens (tertiary/aromatic N) is 1. The van der Waals surface area contributed by atoms with Gasteiger partial charge in [0.15, 0.2) is 0 Å². The molecule has 2 unspecified atom stereocenters. The van der Waals surface area contributed by atoms with Crippen molar-refractivity contribution in [3.05, 3.63) is 29.8 Å². The monoisotopic (exact) mass is 240 g/mol. The summed E-state index contributed by atoms with van der Waals surface area (Å²) in [6, 6.07) is 7.68. The molecule has 92 valence electrons. The molecule has 1 aromatic carbocycles. The molecule has 0 saturated carbocycles. The first-order valence-corrected chi connectivity index (χ1v) is 6.56. The van der Waals surface area contributed by atoms with Gasteiger partial charge >= 0.3 is 0 Å². The third kappa shape index (κ3) is 1.55. The van der Waals surface area contributed by atoms with Crippen LogP contribution in [0.5, 0.6) is 0 Å². The second-order valence-corrected chi connectivity index (χ2v) is 5.36. The van der Waals surface area contributed by atoms with Gasteiger partial charge in [-0.25, -0.2) is 0 Å². The molecular formula is C14H17BN2O. The van der Waals surface area contributed by atoms with Gasteiger partial charge in [0.05, 0.1) is 5.56 Å². The summed E-state index contributed by atoms with van der Waals surface area (Å²) in [4.78, 5) is 14.5. The first-order chi connectivity index (χ1) is 8.63. The Morgan fingerprint density at radius 2 is 2.22 bits per heavy atom. The summed E-state index contributed by atoms with van der Waals surface area (Å²) in [7, 11) is 6.49. The highest BCUT2D eigenvalue weighted by Gasteiger charge is 2.45. The number of anilines is 1. The molecule has 4 heteroatoms. The maximum atomic E-state index is 12.6. The second-order valence-electron chi connectivity index (χ2n) is 5.36. The Morgan fingerprint density at radius 3 is 3.06 bits per heavy atom. The Morgan fingerprint density at radius 1 is 1.44 bits per heavy atom. The lowest BCUT2D eigenvalue weighted by atomic mass is 9.66. The first-order valence-electron chi connectivity index (χ1n) is 6.56. The van der Waals surface area contributed by atoms with Crippen LogP contribution in [0.25, 0.3) is 0 Å². The molecule has 1 saturated heterocycles. The Labute approximate surface area is 109 Å². The molecule has 2 radical (unpaired) electrons. The van der Waals surface area contributed by atoms with E-state index in [1.54, 1.807) is 0 Å². The Hall–Kier alpha value is -1.45. The highest BCUT2D eigenvalue weighted by atomic mass is 16.2. The van der Waals surface area contributed by atoms with Crippen molar-refractivity contribution in [2.45, 2.75) is 25.2 Å². The van der Waals surface area contributed by atoms with Crippen molar-refractivity contribution in [1.82, 2.24) is 4.90 Å². The van der Waals surface area contributed by atoms with Crippen molar-refractivity contribution in [3.63, 3.8) is 0 Å². The number of hydrogen-bond donors (Lipinski definition) is 1. The van der Waals surface area contributed by atoms with E-state index in [0.29, 0.717) is 5.92 Å². The maximum Gasteiger partial charge on any atom is 0.255 e. The highest BCUT2D eigenvalue weighted by molar-refractivity contribution is 6.18. The Kier molecular flexibility index (Phi) is 2.61. The van der Waals surface area contributed by atoms with Gasteiger partial charge in [0.25, 0.3) is 5.91 Å². The van der Waals surface area contributed by atoms with E-state index in [1.165, 1.54) is 0 Å². The summed E-state index contributed by atoms with van der Waals surface area (Å²) < 4.78 is 0. The molecule has 2 aliphatic heterocycles. The highest BCUT2D eigenvalue weighted by Crippen LogP contribution is 2.38. The van der Waals surface area contributed by atoms with E-state index in [9.17, 15) is 4.79 Å². The lowest BCUT2D eigenvalue weighted by Crippen LogP contribution is -2.52. The molecule has 1 amide bonds. The van der Waals surface area contributed by atoms with Crippen LogP contribution in [0.2, 0.25) is 0 Å². The van der Waals surface area contributed by atoms with Crippen LogP contribution in [-0.4, -0.2) is 37.2 Å². The average molecular weight is 240 g/mol. The normalized spacial score (nSPS) is 31.1. The predicted molar refractivity (Wildman–Crippen MR) is 72.9 cm³/mol. The van der Waals surface area contributed by atoms with E-state index >= 15 is 0 Å². The quantitative estimate of drug-likeness (QED) is 0.702. The fourth-order valence-electron chi connectivity index (χ4n) is 3.09. The maximum absolute atomic E-state index is 12.6. The van der Waals surface area contributed by atoms with Gasteiger partial charge in [0.1, 0.15) is 7.85 Å². The van der Waals surface area contributed by atoms with Gasteiger partial charge in [0, 0.05) is 24.2 Å². The van der Waals surface area contributed by atoms with Crippen LogP contribution in [-0.2, 0) is 0 Å². The van der Waals surface area contributed by atoms with Crippen molar-refractivity contribution in [2.75, 3.05) is 18.4 Å². The molecule has 2 atom stereocenters. The topological polar surface area (TPSA) is 32.3 Å². The molecule has 3 nitrogen and oxygen atoms in total. The van der Waals surface area contributed by atoms with E-state index in [-0.39, 0.29) is 5.91 Å². The molecule has 2 aliphatic rings. The number of rotatable bonds is 0. The van der Waals surface area contributed by atoms with Crippen LogP contribution in [0.3, 0.4) is 0 Å². The van der Waals surface area contributed by atoms with E-state index in [0.717, 1.165) is 37.2 Å². The fourth-order valence-corrected chi connectivity index (χ4v) is 3.09. The summed E-state index contributed by atoms with van der Waals surface area (Å²) in [5, 5.41) is 3.33. The van der Waals surface area contributed by atoms with E-state index in [4.69, 9.17) is 7.85 Å². The SMILES string of the molecule is [B]C12CCNc3ccccc3C(=O)N1CCC2C. The lowest BCUT2D eigenvalue weighted by Gasteiger charge is -2.41. The Bertz CT molecular complexity index is 490. The zero-order chi connectivity index (χ0) is 12.8. The third-order valence-electron chi connectivity index (χ3n) is 4.39. The molecule has 1 fully saturated rings. The van der Waals surface area contributed by atoms with Gasteiger partial charge < -0.3 is 10.2 Å². The van der Waals surface area contributed by atoms with Crippen molar-refractivity contribution in [1.29, 1.82) is 0 Å². The Balaban J connectivity index is 2.05. The van der Waals surface area contributed by atoms with Gasteiger partial charge in [0.2, 0.25) is 0 Å². The first kappa shape index (κ1) is 11.6. The van der Waals surface area contributed by atoms with Crippen LogP contribution < -0.4 is 5.32 Å². The molecule has 1 N–H and O–H groups in total. The third-order valence-corrected chi connectivity index (χ3v) is 4.39. The number of amides is 1. The van der Waals surface area contributed by atoms with Crippen LogP contribution >= 0.6 is 0 Å². The van der Waals surface area contributed by atoms with Gasteiger partial charge in [-0.05, 0) is 30.9 Å². The minimum atomic E-state index is -0.488. The fraction of sp³-hybridized carbons (Fsp3) is 0.500. The second kappa shape index (κ2) is 4.04. The molecule has 0 aliphatic carbocycles. The molecule has 1 aromatic rings.